The quantitative estimate of drug-likeness (QED) is 0.754. The molecule has 1 aliphatic carbocycles. The molecule has 1 heterocycles. The highest BCUT2D eigenvalue weighted by molar-refractivity contribution is 4.87. The Morgan fingerprint density at radius 3 is 2.60 bits per heavy atom. The summed E-state index contributed by atoms with van der Waals surface area (Å²) < 4.78 is 0. The molecule has 0 amide bonds. The molecule has 15 heavy (non-hydrogen) atoms. The molecule has 1 unspecified atom stereocenters. The van der Waals surface area contributed by atoms with Crippen LogP contribution in [0.25, 0.3) is 0 Å². The van der Waals surface area contributed by atoms with E-state index in [0.717, 1.165) is 19.0 Å². The van der Waals surface area contributed by atoms with Crippen molar-refractivity contribution >= 4 is 0 Å². The van der Waals surface area contributed by atoms with E-state index >= 15 is 0 Å². The van der Waals surface area contributed by atoms with E-state index in [0.29, 0.717) is 12.6 Å². The van der Waals surface area contributed by atoms with Crippen molar-refractivity contribution in [1.29, 1.82) is 0 Å². The molecule has 88 valence electrons. The Morgan fingerprint density at radius 2 is 1.93 bits per heavy atom. The molecule has 0 bridgehead atoms. The first-order valence-corrected chi connectivity index (χ1v) is 6.36. The van der Waals surface area contributed by atoms with Crippen molar-refractivity contribution in [3.8, 4) is 0 Å². The molecular weight excluding hydrogens is 188 g/mol. The van der Waals surface area contributed by atoms with Crippen LogP contribution in [-0.2, 0) is 0 Å². The number of nitrogens with zero attached hydrogens (tertiary/aromatic N) is 2. The zero-order valence-electron chi connectivity index (χ0n) is 9.86. The molecule has 0 aromatic carbocycles. The number of hydrogen-bond donors (Lipinski definition) is 1. The molecule has 3 nitrogen and oxygen atoms in total. The molecule has 2 aliphatic rings. The predicted octanol–water partition coefficient (Wildman–Crippen LogP) is 0.927. The summed E-state index contributed by atoms with van der Waals surface area (Å²) >= 11 is 0. The number of likely N-dealkylation sites (N-methyl/N-ethyl adjacent to an activating group) is 1. The van der Waals surface area contributed by atoms with Gasteiger partial charge in [0.1, 0.15) is 0 Å². The van der Waals surface area contributed by atoms with E-state index in [-0.39, 0.29) is 0 Å². The molecular formula is C12H24N2O. The smallest absolute Gasteiger partial charge is 0.0446 e. The molecule has 1 atom stereocenters. The summed E-state index contributed by atoms with van der Waals surface area (Å²) in [5.41, 5.74) is 0. The fourth-order valence-electron chi connectivity index (χ4n) is 3.15. The fraction of sp³-hybridized carbons (Fsp3) is 1.00. The summed E-state index contributed by atoms with van der Waals surface area (Å²) in [5.74, 6) is 0. The van der Waals surface area contributed by atoms with E-state index in [1.807, 2.05) is 0 Å². The van der Waals surface area contributed by atoms with Crippen LogP contribution in [0.15, 0.2) is 0 Å². The monoisotopic (exact) mass is 212 g/mol. The lowest BCUT2D eigenvalue weighted by atomic mass is 10.0. The molecule has 2 fully saturated rings. The summed E-state index contributed by atoms with van der Waals surface area (Å²) in [5, 5.41) is 9.12. The Kier molecular flexibility index (Phi) is 4.00. The first kappa shape index (κ1) is 11.4. The topological polar surface area (TPSA) is 26.7 Å². The van der Waals surface area contributed by atoms with Crippen molar-refractivity contribution < 1.29 is 5.11 Å². The SMILES string of the molecule is CN1CCN(C2CCCC2)C(CCO)C1. The van der Waals surface area contributed by atoms with Gasteiger partial charge >= 0.3 is 0 Å². The standard InChI is InChI=1S/C12H24N2O/c1-13-7-8-14(11-4-2-3-5-11)12(10-13)6-9-15/h11-12,15H,2-10H2,1H3. The molecule has 3 heteroatoms. The number of aliphatic hydroxyl groups is 1. The van der Waals surface area contributed by atoms with Crippen molar-refractivity contribution in [1.82, 2.24) is 9.80 Å². The fourth-order valence-corrected chi connectivity index (χ4v) is 3.15. The molecule has 1 saturated carbocycles. The van der Waals surface area contributed by atoms with Crippen molar-refractivity contribution in [3.63, 3.8) is 0 Å². The summed E-state index contributed by atoms with van der Waals surface area (Å²) in [4.78, 5) is 5.06. The molecule has 1 N–H and O–H groups in total. The Hall–Kier alpha value is -0.120. The average molecular weight is 212 g/mol. The second kappa shape index (κ2) is 5.28. The number of aliphatic hydroxyl groups excluding tert-OH is 1. The van der Waals surface area contributed by atoms with Gasteiger partial charge in [0.2, 0.25) is 0 Å². The summed E-state index contributed by atoms with van der Waals surface area (Å²) in [7, 11) is 2.19. The van der Waals surface area contributed by atoms with Crippen LogP contribution in [0, 0.1) is 0 Å². The maximum absolute atomic E-state index is 9.12. The van der Waals surface area contributed by atoms with Crippen molar-refractivity contribution in [3.05, 3.63) is 0 Å². The van der Waals surface area contributed by atoms with Gasteiger partial charge < -0.3 is 10.0 Å². The normalized spacial score (nSPS) is 31.2. The Balaban J connectivity index is 1.94. The van der Waals surface area contributed by atoms with E-state index in [2.05, 4.69) is 16.8 Å². The van der Waals surface area contributed by atoms with E-state index in [1.54, 1.807) is 0 Å². The van der Waals surface area contributed by atoms with Crippen LogP contribution in [-0.4, -0.2) is 60.3 Å². The third kappa shape index (κ3) is 2.71. The van der Waals surface area contributed by atoms with Gasteiger partial charge in [-0.2, -0.15) is 0 Å². The first-order chi connectivity index (χ1) is 7.31. The van der Waals surface area contributed by atoms with Crippen molar-refractivity contribution in [2.75, 3.05) is 33.3 Å². The highest BCUT2D eigenvalue weighted by Gasteiger charge is 2.31. The number of piperazine rings is 1. The largest absolute Gasteiger partial charge is 0.396 e. The molecule has 1 aliphatic heterocycles. The molecule has 1 saturated heterocycles. The van der Waals surface area contributed by atoms with Gasteiger partial charge in [-0.25, -0.2) is 0 Å². The minimum Gasteiger partial charge on any atom is -0.396 e. The summed E-state index contributed by atoms with van der Waals surface area (Å²) in [6, 6.07) is 1.41. The highest BCUT2D eigenvalue weighted by Crippen LogP contribution is 2.27. The van der Waals surface area contributed by atoms with Crippen LogP contribution >= 0.6 is 0 Å². The Labute approximate surface area is 93.1 Å². The molecule has 0 radical (unpaired) electrons. The van der Waals surface area contributed by atoms with E-state index in [4.69, 9.17) is 5.11 Å². The number of hydrogen-bond acceptors (Lipinski definition) is 3. The van der Waals surface area contributed by atoms with Gasteiger partial charge in [-0.3, -0.25) is 4.90 Å². The average Bonchev–Trinajstić information content (AvgIpc) is 2.71. The van der Waals surface area contributed by atoms with Crippen LogP contribution in [0.1, 0.15) is 32.1 Å². The Morgan fingerprint density at radius 1 is 1.20 bits per heavy atom. The zero-order chi connectivity index (χ0) is 10.7. The van der Waals surface area contributed by atoms with E-state index in [1.165, 1.54) is 38.8 Å². The third-order valence-corrected chi connectivity index (χ3v) is 3.99. The van der Waals surface area contributed by atoms with Gasteiger partial charge in [0, 0.05) is 38.3 Å². The van der Waals surface area contributed by atoms with Crippen molar-refractivity contribution in [2.45, 2.75) is 44.2 Å². The zero-order valence-corrected chi connectivity index (χ0v) is 9.86. The lowest BCUT2D eigenvalue weighted by Gasteiger charge is -2.43. The van der Waals surface area contributed by atoms with Gasteiger partial charge in [-0.1, -0.05) is 12.8 Å². The van der Waals surface area contributed by atoms with Gasteiger partial charge in [0.25, 0.3) is 0 Å². The minimum atomic E-state index is 0.335. The highest BCUT2D eigenvalue weighted by atomic mass is 16.3. The van der Waals surface area contributed by atoms with Crippen LogP contribution < -0.4 is 0 Å². The second-order valence-electron chi connectivity index (χ2n) is 5.10. The van der Waals surface area contributed by atoms with Gasteiger partial charge in [-0.15, -0.1) is 0 Å². The predicted molar refractivity (Wildman–Crippen MR) is 61.9 cm³/mol. The molecule has 0 aromatic heterocycles. The Bertz CT molecular complexity index is 192. The van der Waals surface area contributed by atoms with Gasteiger partial charge in [-0.05, 0) is 26.3 Å². The van der Waals surface area contributed by atoms with E-state index in [9.17, 15) is 0 Å². The van der Waals surface area contributed by atoms with Crippen LogP contribution in [0.4, 0.5) is 0 Å². The maximum Gasteiger partial charge on any atom is 0.0446 e. The maximum atomic E-state index is 9.12. The minimum absolute atomic E-state index is 0.335. The van der Waals surface area contributed by atoms with Crippen LogP contribution in [0.3, 0.4) is 0 Å². The van der Waals surface area contributed by atoms with Crippen molar-refractivity contribution in [2.24, 2.45) is 0 Å². The molecule has 2 rings (SSSR count). The second-order valence-corrected chi connectivity index (χ2v) is 5.10. The molecule has 0 aromatic rings. The first-order valence-electron chi connectivity index (χ1n) is 6.36. The van der Waals surface area contributed by atoms with E-state index < -0.39 is 0 Å². The number of rotatable bonds is 3. The molecule has 0 spiro atoms. The summed E-state index contributed by atoms with van der Waals surface area (Å²) in [6.45, 7) is 3.86. The third-order valence-electron chi connectivity index (χ3n) is 3.99. The lowest BCUT2D eigenvalue weighted by molar-refractivity contribution is 0.0405. The van der Waals surface area contributed by atoms with Gasteiger partial charge in [0.05, 0.1) is 0 Å². The lowest BCUT2D eigenvalue weighted by Crippen LogP contribution is -2.55. The summed E-state index contributed by atoms with van der Waals surface area (Å²) in [6.07, 6.45) is 6.52. The van der Waals surface area contributed by atoms with Gasteiger partial charge in [0.15, 0.2) is 0 Å². The van der Waals surface area contributed by atoms with Crippen LogP contribution in [0.2, 0.25) is 0 Å². The van der Waals surface area contributed by atoms with Crippen LogP contribution in [0.5, 0.6) is 0 Å².